The molecule has 0 fully saturated rings. The van der Waals surface area contributed by atoms with E-state index >= 15 is 0 Å². The Labute approximate surface area is 175 Å². The number of fused-ring (bicyclic) bond motifs is 1. The molecule has 3 rings (SSSR count). The lowest BCUT2D eigenvalue weighted by atomic mass is 9.62. The first-order chi connectivity index (χ1) is 13.5. The largest absolute Gasteiger partial charge is 0.463 e. The van der Waals surface area contributed by atoms with Crippen LogP contribution in [0.25, 0.3) is 17.3 Å². The number of rotatable bonds is 4. The lowest BCUT2D eigenvalue weighted by Gasteiger charge is -2.42. The summed E-state index contributed by atoms with van der Waals surface area (Å²) in [7, 11) is 0. The molecule has 0 atom stereocenters. The molecule has 0 spiro atoms. The van der Waals surface area contributed by atoms with Gasteiger partial charge in [-0.25, -0.2) is 9.78 Å². The zero-order chi connectivity index (χ0) is 21.4. The molecular weight excluding hydrogens is 358 g/mol. The summed E-state index contributed by atoms with van der Waals surface area (Å²) < 4.78 is 4.97. The van der Waals surface area contributed by atoms with E-state index in [-0.39, 0.29) is 16.8 Å². The van der Waals surface area contributed by atoms with Gasteiger partial charge in [-0.3, -0.25) is 0 Å². The number of aryl methyl sites for hydroxylation is 2. The smallest absolute Gasteiger partial charge is 0.330 e. The standard InChI is InChI=1S/C26H33NO2/c1-8-29-23(28)12-11-19-10-9-17(2)24(27-19)20-16-22-21(15-18(20)3)25(4,5)13-14-26(22,6)7/h9-12,15-16H,8,13-14H2,1-7H3/b12-11+. The highest BCUT2D eigenvalue weighted by molar-refractivity contribution is 5.86. The van der Waals surface area contributed by atoms with E-state index < -0.39 is 0 Å². The molecule has 154 valence electrons. The Morgan fingerprint density at radius 1 is 1.03 bits per heavy atom. The van der Waals surface area contributed by atoms with E-state index in [0.29, 0.717) is 6.61 Å². The highest BCUT2D eigenvalue weighted by Crippen LogP contribution is 2.47. The van der Waals surface area contributed by atoms with Crippen molar-refractivity contribution in [3.8, 4) is 11.3 Å². The van der Waals surface area contributed by atoms with Crippen LogP contribution in [0.2, 0.25) is 0 Å². The van der Waals surface area contributed by atoms with Crippen LogP contribution in [-0.2, 0) is 20.4 Å². The van der Waals surface area contributed by atoms with Gasteiger partial charge in [0.15, 0.2) is 0 Å². The van der Waals surface area contributed by atoms with Gasteiger partial charge in [-0.1, -0.05) is 39.8 Å². The summed E-state index contributed by atoms with van der Waals surface area (Å²) in [6, 6.07) is 8.74. The molecule has 0 N–H and O–H groups in total. The number of carbonyl (C=O) groups is 1. The zero-order valence-corrected chi connectivity index (χ0v) is 18.8. The van der Waals surface area contributed by atoms with Gasteiger partial charge in [0.25, 0.3) is 0 Å². The lowest BCUT2D eigenvalue weighted by Crippen LogP contribution is -2.34. The average molecular weight is 392 g/mol. The maximum atomic E-state index is 11.6. The lowest BCUT2D eigenvalue weighted by molar-refractivity contribution is -0.137. The van der Waals surface area contributed by atoms with Crippen molar-refractivity contribution in [2.24, 2.45) is 0 Å². The van der Waals surface area contributed by atoms with Crippen LogP contribution in [0.5, 0.6) is 0 Å². The summed E-state index contributed by atoms with van der Waals surface area (Å²) >= 11 is 0. The van der Waals surface area contributed by atoms with E-state index in [1.807, 2.05) is 6.07 Å². The maximum absolute atomic E-state index is 11.6. The Morgan fingerprint density at radius 2 is 1.66 bits per heavy atom. The minimum atomic E-state index is -0.342. The van der Waals surface area contributed by atoms with Crippen molar-refractivity contribution >= 4 is 12.0 Å². The summed E-state index contributed by atoms with van der Waals surface area (Å²) in [5.74, 6) is -0.342. The van der Waals surface area contributed by atoms with Crippen LogP contribution < -0.4 is 0 Å². The van der Waals surface area contributed by atoms with Crippen molar-refractivity contribution in [1.82, 2.24) is 4.98 Å². The fraction of sp³-hybridized carbons (Fsp3) is 0.462. The minimum Gasteiger partial charge on any atom is -0.463 e. The van der Waals surface area contributed by atoms with E-state index in [0.717, 1.165) is 17.0 Å². The highest BCUT2D eigenvalue weighted by atomic mass is 16.5. The predicted molar refractivity (Wildman–Crippen MR) is 120 cm³/mol. The van der Waals surface area contributed by atoms with Crippen molar-refractivity contribution in [2.45, 2.75) is 72.1 Å². The maximum Gasteiger partial charge on any atom is 0.330 e. The third-order valence-corrected chi connectivity index (χ3v) is 6.25. The van der Waals surface area contributed by atoms with Crippen LogP contribution in [0.3, 0.4) is 0 Å². The van der Waals surface area contributed by atoms with Gasteiger partial charge in [0.05, 0.1) is 18.0 Å². The molecule has 3 heteroatoms. The number of nitrogens with zero attached hydrogens (tertiary/aromatic N) is 1. The quantitative estimate of drug-likeness (QED) is 0.454. The predicted octanol–water partition coefficient (Wildman–Crippen LogP) is 6.29. The number of hydrogen-bond donors (Lipinski definition) is 0. The van der Waals surface area contributed by atoms with Gasteiger partial charge in [0, 0.05) is 11.6 Å². The number of ether oxygens (including phenoxy) is 1. The normalized spacial score (nSPS) is 17.2. The second-order valence-electron chi connectivity index (χ2n) is 9.47. The van der Waals surface area contributed by atoms with Gasteiger partial charge in [0.2, 0.25) is 0 Å². The van der Waals surface area contributed by atoms with Crippen LogP contribution >= 0.6 is 0 Å². The summed E-state index contributed by atoms with van der Waals surface area (Å²) in [6.45, 7) is 15.8. The molecule has 1 aliphatic rings. The molecule has 3 nitrogen and oxygen atoms in total. The van der Waals surface area contributed by atoms with Crippen LogP contribution in [-0.4, -0.2) is 17.6 Å². The second kappa shape index (κ2) is 7.78. The van der Waals surface area contributed by atoms with Gasteiger partial charge in [-0.15, -0.1) is 0 Å². The molecule has 1 aromatic carbocycles. The fourth-order valence-corrected chi connectivity index (χ4v) is 4.23. The molecule has 0 unspecified atom stereocenters. The van der Waals surface area contributed by atoms with Crippen LogP contribution in [0, 0.1) is 13.8 Å². The third kappa shape index (κ3) is 4.29. The molecule has 1 heterocycles. The summed E-state index contributed by atoms with van der Waals surface area (Å²) in [4.78, 5) is 16.5. The first-order valence-corrected chi connectivity index (χ1v) is 10.5. The molecule has 1 aliphatic carbocycles. The zero-order valence-electron chi connectivity index (χ0n) is 18.8. The molecule has 2 aromatic rings. The molecular formula is C26H33NO2. The van der Waals surface area contributed by atoms with Gasteiger partial charge in [0.1, 0.15) is 0 Å². The fourth-order valence-electron chi connectivity index (χ4n) is 4.23. The van der Waals surface area contributed by atoms with E-state index in [9.17, 15) is 4.79 Å². The third-order valence-electron chi connectivity index (χ3n) is 6.25. The number of aromatic nitrogens is 1. The molecule has 0 bridgehead atoms. The van der Waals surface area contributed by atoms with Gasteiger partial charge < -0.3 is 4.74 Å². The van der Waals surface area contributed by atoms with E-state index in [1.165, 1.54) is 41.2 Å². The van der Waals surface area contributed by atoms with Crippen LogP contribution in [0.4, 0.5) is 0 Å². The number of carbonyl (C=O) groups excluding carboxylic acids is 1. The highest BCUT2D eigenvalue weighted by Gasteiger charge is 2.37. The first kappa shape index (κ1) is 21.3. The minimum absolute atomic E-state index is 0.155. The monoisotopic (exact) mass is 391 g/mol. The Hall–Kier alpha value is -2.42. The Kier molecular flexibility index (Phi) is 5.71. The van der Waals surface area contributed by atoms with Gasteiger partial charge >= 0.3 is 5.97 Å². The van der Waals surface area contributed by atoms with Crippen molar-refractivity contribution < 1.29 is 9.53 Å². The van der Waals surface area contributed by atoms with Crippen molar-refractivity contribution in [2.75, 3.05) is 6.61 Å². The van der Waals surface area contributed by atoms with Gasteiger partial charge in [-0.2, -0.15) is 0 Å². The molecule has 0 aliphatic heterocycles. The average Bonchev–Trinajstić information content (AvgIpc) is 2.65. The molecule has 0 saturated heterocycles. The number of benzene rings is 1. The number of esters is 1. The molecule has 0 amide bonds. The summed E-state index contributed by atoms with van der Waals surface area (Å²) in [5, 5.41) is 0. The molecule has 29 heavy (non-hydrogen) atoms. The van der Waals surface area contributed by atoms with E-state index in [1.54, 1.807) is 13.0 Å². The summed E-state index contributed by atoms with van der Waals surface area (Å²) in [6.07, 6.45) is 5.56. The molecule has 0 radical (unpaired) electrons. The number of hydrogen-bond acceptors (Lipinski definition) is 3. The van der Waals surface area contributed by atoms with Crippen LogP contribution in [0.15, 0.2) is 30.3 Å². The van der Waals surface area contributed by atoms with E-state index in [4.69, 9.17) is 9.72 Å². The van der Waals surface area contributed by atoms with Gasteiger partial charge in [-0.05, 0) is 84.9 Å². The van der Waals surface area contributed by atoms with Crippen molar-refractivity contribution in [1.29, 1.82) is 0 Å². The van der Waals surface area contributed by atoms with Crippen molar-refractivity contribution in [3.63, 3.8) is 0 Å². The molecule has 0 saturated carbocycles. The second-order valence-corrected chi connectivity index (χ2v) is 9.47. The molecule has 1 aromatic heterocycles. The van der Waals surface area contributed by atoms with Crippen molar-refractivity contribution in [3.05, 3.63) is 58.3 Å². The SMILES string of the molecule is CCOC(=O)/C=C/c1ccc(C)c(-c2cc3c(cc2C)C(C)(C)CCC3(C)C)n1. The Bertz CT molecular complexity index is 967. The first-order valence-electron chi connectivity index (χ1n) is 10.5. The van der Waals surface area contributed by atoms with Crippen LogP contribution in [0.1, 0.15) is 75.4 Å². The summed E-state index contributed by atoms with van der Waals surface area (Å²) in [5.41, 5.74) is 8.55. The Balaban J connectivity index is 2.10. The van der Waals surface area contributed by atoms with E-state index in [2.05, 4.69) is 59.7 Å². The topological polar surface area (TPSA) is 39.2 Å². The Morgan fingerprint density at radius 3 is 2.28 bits per heavy atom. The number of pyridine rings is 1.